The second kappa shape index (κ2) is 3.82. The number of hydrogen-bond acceptors (Lipinski definition) is 5. The van der Waals surface area contributed by atoms with Gasteiger partial charge in [-0.15, -0.1) is 11.3 Å². The molecule has 0 saturated heterocycles. The van der Waals surface area contributed by atoms with Crippen molar-refractivity contribution in [2.45, 2.75) is 0 Å². The number of carbonyl (C=O) groups excluding carboxylic acids is 1. The fraction of sp³-hybridized carbons (Fsp3) is 0.222. The van der Waals surface area contributed by atoms with Crippen molar-refractivity contribution in [2.75, 3.05) is 14.1 Å². The van der Waals surface area contributed by atoms with Gasteiger partial charge in [-0.1, -0.05) is 0 Å². The predicted octanol–water partition coefficient (Wildman–Crippen LogP) is 0.422. The van der Waals surface area contributed by atoms with E-state index in [0.717, 1.165) is 5.01 Å². The third-order valence-corrected chi connectivity index (χ3v) is 2.57. The normalized spacial score (nSPS) is 17.9. The molecule has 0 aliphatic carbocycles. The Morgan fingerprint density at radius 2 is 2.33 bits per heavy atom. The Labute approximate surface area is 91.1 Å². The highest BCUT2D eigenvalue weighted by Crippen LogP contribution is 2.16. The summed E-state index contributed by atoms with van der Waals surface area (Å²) in [5.74, 6) is -0.186. The summed E-state index contributed by atoms with van der Waals surface area (Å²) in [6.45, 7) is 0. The monoisotopic (exact) mass is 222 g/mol. The molecule has 0 saturated carbocycles. The number of aromatic nitrogens is 1. The van der Waals surface area contributed by atoms with Crippen molar-refractivity contribution >= 4 is 23.0 Å². The molecule has 0 radical (unpaired) electrons. The lowest BCUT2D eigenvalue weighted by atomic mass is 10.2. The molecule has 0 spiro atoms. The maximum Gasteiger partial charge on any atom is 0.275 e. The molecular formula is C9H10N4OS. The van der Waals surface area contributed by atoms with E-state index >= 15 is 0 Å². The summed E-state index contributed by atoms with van der Waals surface area (Å²) in [5.41, 5.74) is 3.60. The van der Waals surface area contributed by atoms with Gasteiger partial charge >= 0.3 is 0 Å². The van der Waals surface area contributed by atoms with E-state index in [1.165, 1.54) is 11.3 Å². The van der Waals surface area contributed by atoms with Crippen LogP contribution in [0, 0.1) is 0 Å². The maximum absolute atomic E-state index is 11.5. The molecule has 0 fully saturated rings. The van der Waals surface area contributed by atoms with Crippen molar-refractivity contribution in [3.05, 3.63) is 28.4 Å². The molecular weight excluding hydrogens is 212 g/mol. The number of carbonyl (C=O) groups is 1. The van der Waals surface area contributed by atoms with Crippen molar-refractivity contribution in [3.63, 3.8) is 0 Å². The van der Waals surface area contributed by atoms with E-state index in [1.807, 2.05) is 24.4 Å². The lowest BCUT2D eigenvalue weighted by molar-refractivity contribution is -0.116. The summed E-state index contributed by atoms with van der Waals surface area (Å²) < 4.78 is 0. The molecule has 0 bridgehead atoms. The van der Waals surface area contributed by atoms with Gasteiger partial charge in [0.15, 0.2) is 0 Å². The first kappa shape index (κ1) is 9.85. The van der Waals surface area contributed by atoms with Crippen LogP contribution in [-0.2, 0) is 4.79 Å². The maximum atomic E-state index is 11.5. The van der Waals surface area contributed by atoms with Gasteiger partial charge in [0.05, 0.1) is 5.57 Å². The van der Waals surface area contributed by atoms with E-state index in [1.54, 1.807) is 12.4 Å². The highest BCUT2D eigenvalue weighted by Gasteiger charge is 2.25. The second-order valence-electron chi connectivity index (χ2n) is 3.24. The Kier molecular flexibility index (Phi) is 2.51. The first-order chi connectivity index (χ1) is 7.18. The van der Waals surface area contributed by atoms with Crippen molar-refractivity contribution < 1.29 is 4.79 Å². The van der Waals surface area contributed by atoms with Crippen LogP contribution in [0.25, 0.3) is 0 Å². The molecule has 0 unspecified atom stereocenters. The molecule has 1 aliphatic rings. The quantitative estimate of drug-likeness (QED) is 0.738. The third-order valence-electron chi connectivity index (χ3n) is 1.79. The molecule has 6 heteroatoms. The lowest BCUT2D eigenvalue weighted by Crippen LogP contribution is -2.16. The van der Waals surface area contributed by atoms with Crippen molar-refractivity contribution in [1.29, 1.82) is 0 Å². The Morgan fingerprint density at radius 3 is 2.93 bits per heavy atom. The SMILES string of the molecule is CN(C)/C=C1/C(=O)NN=C1c1nccs1. The summed E-state index contributed by atoms with van der Waals surface area (Å²) in [6.07, 6.45) is 3.43. The van der Waals surface area contributed by atoms with Gasteiger partial charge in [-0.25, -0.2) is 10.4 Å². The largest absolute Gasteiger partial charge is 0.383 e. The van der Waals surface area contributed by atoms with Crippen LogP contribution < -0.4 is 5.43 Å². The highest BCUT2D eigenvalue weighted by atomic mass is 32.1. The van der Waals surface area contributed by atoms with Crippen LogP contribution in [0.3, 0.4) is 0 Å². The molecule has 2 rings (SSSR count). The summed E-state index contributed by atoms with van der Waals surface area (Å²) in [6, 6.07) is 0. The van der Waals surface area contributed by atoms with Gasteiger partial charge in [-0.3, -0.25) is 4.79 Å². The molecule has 1 N–H and O–H groups in total. The third kappa shape index (κ3) is 1.89. The summed E-state index contributed by atoms with van der Waals surface area (Å²) >= 11 is 1.46. The van der Waals surface area contributed by atoms with Crippen LogP contribution in [0.15, 0.2) is 28.5 Å². The summed E-state index contributed by atoms with van der Waals surface area (Å²) in [4.78, 5) is 17.4. The number of rotatable bonds is 2. The van der Waals surface area contributed by atoms with Gasteiger partial charge in [-0.2, -0.15) is 5.10 Å². The van der Waals surface area contributed by atoms with E-state index in [9.17, 15) is 4.79 Å². The molecule has 5 nitrogen and oxygen atoms in total. The zero-order valence-corrected chi connectivity index (χ0v) is 9.21. The second-order valence-corrected chi connectivity index (χ2v) is 4.14. The molecule has 0 aromatic carbocycles. The lowest BCUT2D eigenvalue weighted by Gasteiger charge is -2.05. The highest BCUT2D eigenvalue weighted by molar-refractivity contribution is 7.12. The number of hydrazone groups is 1. The predicted molar refractivity (Wildman–Crippen MR) is 58.6 cm³/mol. The van der Waals surface area contributed by atoms with E-state index in [2.05, 4.69) is 15.5 Å². The first-order valence-electron chi connectivity index (χ1n) is 4.35. The minimum Gasteiger partial charge on any atom is -0.383 e. The van der Waals surface area contributed by atoms with E-state index in [4.69, 9.17) is 0 Å². The van der Waals surface area contributed by atoms with Crippen LogP contribution in [0.2, 0.25) is 0 Å². The zero-order valence-electron chi connectivity index (χ0n) is 8.39. The minimum absolute atomic E-state index is 0.186. The summed E-state index contributed by atoms with van der Waals surface area (Å²) in [5, 5.41) is 6.57. The van der Waals surface area contributed by atoms with E-state index in [0.29, 0.717) is 11.3 Å². The Morgan fingerprint density at radius 1 is 1.53 bits per heavy atom. The van der Waals surface area contributed by atoms with Crippen molar-refractivity contribution in [3.8, 4) is 0 Å². The van der Waals surface area contributed by atoms with Gasteiger partial charge in [0.25, 0.3) is 5.91 Å². The van der Waals surface area contributed by atoms with Gasteiger partial charge in [0, 0.05) is 31.9 Å². The van der Waals surface area contributed by atoms with E-state index < -0.39 is 0 Å². The number of hydrogen-bond donors (Lipinski definition) is 1. The van der Waals surface area contributed by atoms with Crippen LogP contribution >= 0.6 is 11.3 Å². The standard InChI is InChI=1S/C9H10N4OS/c1-13(2)5-6-7(11-12-8(6)14)9-10-3-4-15-9/h3-5H,1-2H3,(H,12,14)/b6-5+. The minimum atomic E-state index is -0.186. The smallest absolute Gasteiger partial charge is 0.275 e. The Balaban J connectivity index is 2.37. The van der Waals surface area contributed by atoms with Gasteiger partial charge < -0.3 is 4.90 Å². The molecule has 1 aliphatic heterocycles. The van der Waals surface area contributed by atoms with Gasteiger partial charge in [0.1, 0.15) is 10.7 Å². The van der Waals surface area contributed by atoms with Crippen LogP contribution in [0.1, 0.15) is 5.01 Å². The fourth-order valence-electron chi connectivity index (χ4n) is 1.22. The van der Waals surface area contributed by atoms with Crippen molar-refractivity contribution in [2.24, 2.45) is 5.10 Å². The number of amides is 1. The van der Waals surface area contributed by atoms with Gasteiger partial charge in [0.2, 0.25) is 0 Å². The van der Waals surface area contributed by atoms with Crippen LogP contribution in [0.4, 0.5) is 0 Å². The molecule has 1 aromatic heterocycles. The molecule has 1 amide bonds. The molecule has 2 heterocycles. The zero-order chi connectivity index (χ0) is 10.8. The molecule has 78 valence electrons. The van der Waals surface area contributed by atoms with E-state index in [-0.39, 0.29) is 5.91 Å². The number of thiazole rings is 1. The Bertz CT molecular complexity index is 433. The average molecular weight is 222 g/mol. The average Bonchev–Trinajstić information content (AvgIpc) is 2.76. The topological polar surface area (TPSA) is 57.6 Å². The number of nitrogens with zero attached hydrogens (tertiary/aromatic N) is 3. The molecule has 1 aromatic rings. The molecule has 15 heavy (non-hydrogen) atoms. The summed E-state index contributed by atoms with van der Waals surface area (Å²) in [7, 11) is 3.72. The molecule has 0 atom stereocenters. The first-order valence-corrected chi connectivity index (χ1v) is 5.23. The van der Waals surface area contributed by atoms with Gasteiger partial charge in [-0.05, 0) is 0 Å². The van der Waals surface area contributed by atoms with Crippen molar-refractivity contribution in [1.82, 2.24) is 15.3 Å². The van der Waals surface area contributed by atoms with Crippen LogP contribution in [-0.4, -0.2) is 35.6 Å². The number of nitrogens with one attached hydrogen (secondary N) is 1. The fourth-order valence-corrected chi connectivity index (χ4v) is 1.86. The van der Waals surface area contributed by atoms with Crippen LogP contribution in [0.5, 0.6) is 0 Å². The Hall–Kier alpha value is -1.69.